The molecule has 1 saturated carbocycles. The number of rotatable bonds is 4. The first-order chi connectivity index (χ1) is 13.7. The van der Waals surface area contributed by atoms with Gasteiger partial charge in [0.2, 0.25) is 4.80 Å². The molecule has 1 aromatic carbocycles. The van der Waals surface area contributed by atoms with Crippen LogP contribution in [0.15, 0.2) is 33.7 Å². The summed E-state index contributed by atoms with van der Waals surface area (Å²) < 4.78 is 7.42. The molecule has 1 amide bonds. The summed E-state index contributed by atoms with van der Waals surface area (Å²) >= 11 is 1.58. The van der Waals surface area contributed by atoms with Gasteiger partial charge in [0.05, 0.1) is 11.4 Å². The quantitative estimate of drug-likeness (QED) is 0.835. The maximum absolute atomic E-state index is 11.7. The predicted molar refractivity (Wildman–Crippen MR) is 113 cm³/mol. The Labute approximate surface area is 169 Å². The number of thiazole rings is 1. The lowest BCUT2D eigenvalue weighted by atomic mass is 9.85. The fraction of sp³-hybridized carbons (Fsp3) is 0.476. The molecule has 0 saturated heterocycles. The van der Waals surface area contributed by atoms with Crippen molar-refractivity contribution >= 4 is 28.6 Å². The lowest BCUT2D eigenvalue weighted by molar-refractivity contribution is -0.118. The Hall–Kier alpha value is -2.41. The van der Waals surface area contributed by atoms with E-state index >= 15 is 0 Å². The minimum atomic E-state index is -0.129. The maximum atomic E-state index is 11.7. The zero-order valence-electron chi connectivity index (χ0n) is 16.4. The van der Waals surface area contributed by atoms with Gasteiger partial charge in [0.25, 0.3) is 5.91 Å². The zero-order valence-corrected chi connectivity index (χ0v) is 17.2. The molecule has 1 aromatic heterocycles. The lowest BCUT2D eigenvalue weighted by Crippen LogP contribution is -2.25. The van der Waals surface area contributed by atoms with E-state index in [2.05, 4.69) is 22.6 Å². The Morgan fingerprint density at radius 2 is 2.14 bits per heavy atom. The topological polar surface area (TPSA) is 68.0 Å². The molecule has 2 heterocycles. The average Bonchev–Trinajstić information content (AvgIpc) is 3.11. The minimum Gasteiger partial charge on any atom is -0.482 e. The molecule has 0 unspecified atom stereocenters. The lowest BCUT2D eigenvalue weighted by Gasteiger charge is -2.22. The Morgan fingerprint density at radius 3 is 2.89 bits per heavy atom. The molecule has 28 heavy (non-hydrogen) atoms. The first kappa shape index (κ1) is 18.9. The van der Waals surface area contributed by atoms with Gasteiger partial charge in [0.15, 0.2) is 6.61 Å². The summed E-state index contributed by atoms with van der Waals surface area (Å²) in [6.45, 7) is 2.33. The Bertz CT molecular complexity index is 963. The number of hydrogen-bond donors (Lipinski definition) is 1. The molecular formula is C21H26N4O2S. The molecule has 148 valence electrons. The normalized spacial score (nSPS) is 19.8. The molecule has 1 aliphatic carbocycles. The van der Waals surface area contributed by atoms with Crippen molar-refractivity contribution in [3.63, 3.8) is 0 Å². The molecule has 0 atom stereocenters. The molecule has 0 spiro atoms. The van der Waals surface area contributed by atoms with Gasteiger partial charge in [-0.05, 0) is 49.8 Å². The van der Waals surface area contributed by atoms with Crippen LogP contribution in [0.25, 0.3) is 11.3 Å². The summed E-state index contributed by atoms with van der Waals surface area (Å²) in [5, 5.41) is 9.93. The highest BCUT2D eigenvalue weighted by molar-refractivity contribution is 7.07. The van der Waals surface area contributed by atoms with E-state index < -0.39 is 0 Å². The number of carbonyl (C=O) groups excluding carboxylic acids is 1. The molecule has 2 aromatic rings. The van der Waals surface area contributed by atoms with Crippen molar-refractivity contribution < 1.29 is 9.53 Å². The number of nitrogens with zero attached hydrogens (tertiary/aromatic N) is 3. The number of hydrogen-bond acceptors (Lipinski definition) is 5. The van der Waals surface area contributed by atoms with Gasteiger partial charge in [0, 0.05) is 23.7 Å². The standard InChI is InChI=1S/C21H26N4O2S/c1-3-4-14-5-8-16(9-6-14)24-25-18(13-28-21(25)22-2)15-7-10-19-17(11-15)23-20(26)12-27-19/h7,10-11,13-14H,3-6,8-9,12H2,1-2H3,(H,23,26). The zero-order chi connectivity index (χ0) is 19.5. The average molecular weight is 399 g/mol. The van der Waals surface area contributed by atoms with Gasteiger partial charge in [0.1, 0.15) is 5.75 Å². The van der Waals surface area contributed by atoms with E-state index in [1.54, 1.807) is 18.4 Å². The second kappa shape index (κ2) is 8.31. The number of carbonyl (C=O) groups is 1. The van der Waals surface area contributed by atoms with Gasteiger partial charge in [-0.1, -0.05) is 19.8 Å². The van der Waals surface area contributed by atoms with Crippen molar-refractivity contribution in [2.45, 2.75) is 45.4 Å². The second-order valence-electron chi connectivity index (χ2n) is 7.38. The third-order valence-electron chi connectivity index (χ3n) is 5.41. The predicted octanol–water partition coefficient (Wildman–Crippen LogP) is 4.27. The molecule has 1 fully saturated rings. The maximum Gasteiger partial charge on any atom is 0.262 e. The van der Waals surface area contributed by atoms with Crippen molar-refractivity contribution in [1.29, 1.82) is 0 Å². The number of benzene rings is 1. The molecule has 4 rings (SSSR count). The highest BCUT2D eigenvalue weighted by Gasteiger charge is 2.20. The van der Waals surface area contributed by atoms with Crippen LogP contribution in [0, 0.1) is 5.92 Å². The van der Waals surface area contributed by atoms with Crippen LogP contribution >= 0.6 is 11.3 Å². The molecule has 7 heteroatoms. The van der Waals surface area contributed by atoms with Gasteiger partial charge in [-0.25, -0.2) is 4.68 Å². The highest BCUT2D eigenvalue weighted by atomic mass is 32.1. The second-order valence-corrected chi connectivity index (χ2v) is 8.22. The molecule has 1 N–H and O–H groups in total. The molecular weight excluding hydrogens is 372 g/mol. The summed E-state index contributed by atoms with van der Waals surface area (Å²) in [5.74, 6) is 1.41. The Balaban J connectivity index is 1.65. The largest absolute Gasteiger partial charge is 0.482 e. The van der Waals surface area contributed by atoms with Gasteiger partial charge in [-0.3, -0.25) is 9.79 Å². The smallest absolute Gasteiger partial charge is 0.262 e. The number of ether oxygens (including phenoxy) is 1. The Kier molecular flexibility index (Phi) is 5.62. The Morgan fingerprint density at radius 1 is 1.32 bits per heavy atom. The molecule has 6 nitrogen and oxygen atoms in total. The molecule has 0 bridgehead atoms. The molecule has 1 aliphatic heterocycles. The van der Waals surface area contributed by atoms with E-state index in [-0.39, 0.29) is 12.5 Å². The SMILES string of the molecule is CCCC1CCC(=Nn2c(-c3ccc4c(c3)NC(=O)CO4)csc2=NC)CC1. The van der Waals surface area contributed by atoms with E-state index in [4.69, 9.17) is 9.84 Å². The van der Waals surface area contributed by atoms with Crippen LogP contribution in [0.4, 0.5) is 5.69 Å². The van der Waals surface area contributed by atoms with Crippen molar-refractivity contribution in [1.82, 2.24) is 4.68 Å². The van der Waals surface area contributed by atoms with Gasteiger partial charge < -0.3 is 10.1 Å². The van der Waals surface area contributed by atoms with Crippen molar-refractivity contribution in [2.24, 2.45) is 16.0 Å². The summed E-state index contributed by atoms with van der Waals surface area (Å²) in [6.07, 6.45) is 7.16. The van der Waals surface area contributed by atoms with E-state index in [1.807, 2.05) is 22.9 Å². The van der Waals surface area contributed by atoms with Crippen LogP contribution in [0.2, 0.25) is 0 Å². The number of fused-ring (bicyclic) bond motifs is 1. The van der Waals surface area contributed by atoms with Gasteiger partial charge in [-0.2, -0.15) is 5.10 Å². The molecule has 2 aliphatic rings. The molecule has 0 radical (unpaired) electrons. The number of nitrogens with one attached hydrogen (secondary N) is 1. The number of aromatic nitrogens is 1. The fourth-order valence-electron chi connectivity index (χ4n) is 3.94. The van der Waals surface area contributed by atoms with E-state index in [0.29, 0.717) is 11.4 Å². The van der Waals surface area contributed by atoms with E-state index in [9.17, 15) is 4.79 Å². The van der Waals surface area contributed by atoms with Crippen LogP contribution in [0.1, 0.15) is 45.4 Å². The highest BCUT2D eigenvalue weighted by Crippen LogP contribution is 2.33. The first-order valence-electron chi connectivity index (χ1n) is 9.95. The summed E-state index contributed by atoms with van der Waals surface area (Å²) in [7, 11) is 1.80. The summed E-state index contributed by atoms with van der Waals surface area (Å²) in [5.41, 5.74) is 3.92. The van der Waals surface area contributed by atoms with Gasteiger partial charge in [-0.15, -0.1) is 11.3 Å². The van der Waals surface area contributed by atoms with Gasteiger partial charge >= 0.3 is 0 Å². The van der Waals surface area contributed by atoms with Crippen LogP contribution < -0.4 is 14.9 Å². The summed E-state index contributed by atoms with van der Waals surface area (Å²) in [4.78, 5) is 16.9. The van der Waals surface area contributed by atoms with E-state index in [0.717, 1.165) is 34.8 Å². The number of amides is 1. The third kappa shape index (κ3) is 3.90. The van der Waals surface area contributed by atoms with Crippen molar-refractivity contribution in [3.8, 4) is 17.0 Å². The van der Waals surface area contributed by atoms with Crippen LogP contribution in [-0.4, -0.2) is 29.9 Å². The van der Waals surface area contributed by atoms with Crippen LogP contribution in [-0.2, 0) is 4.79 Å². The summed E-state index contributed by atoms with van der Waals surface area (Å²) in [6, 6.07) is 5.85. The van der Waals surface area contributed by atoms with Crippen LogP contribution in [0.5, 0.6) is 5.75 Å². The van der Waals surface area contributed by atoms with Crippen molar-refractivity contribution in [2.75, 3.05) is 19.0 Å². The number of anilines is 1. The van der Waals surface area contributed by atoms with E-state index in [1.165, 1.54) is 31.4 Å². The van der Waals surface area contributed by atoms with Crippen molar-refractivity contribution in [3.05, 3.63) is 28.4 Å². The first-order valence-corrected chi connectivity index (χ1v) is 10.8. The fourth-order valence-corrected chi connectivity index (χ4v) is 4.73. The van der Waals surface area contributed by atoms with Crippen LogP contribution in [0.3, 0.4) is 0 Å². The third-order valence-corrected chi connectivity index (χ3v) is 6.31. The monoisotopic (exact) mass is 398 g/mol. The minimum absolute atomic E-state index is 0.0658.